The summed E-state index contributed by atoms with van der Waals surface area (Å²) in [6.45, 7) is -0.107. The summed E-state index contributed by atoms with van der Waals surface area (Å²) in [4.78, 5) is 24.2. The van der Waals surface area contributed by atoms with Crippen molar-refractivity contribution < 1.29 is 23.1 Å². The van der Waals surface area contributed by atoms with E-state index >= 15 is 0 Å². The fourth-order valence-electron chi connectivity index (χ4n) is 2.09. The minimum absolute atomic E-state index is 0.0957. The van der Waals surface area contributed by atoms with Crippen LogP contribution in [0.15, 0.2) is 20.1 Å². The second-order valence-electron chi connectivity index (χ2n) is 4.47. The molecule has 1 saturated heterocycles. The third-order valence-electron chi connectivity index (χ3n) is 3.09. The molecule has 0 bridgehead atoms. The van der Waals surface area contributed by atoms with Crippen LogP contribution in [-0.2, 0) is 19.6 Å². The van der Waals surface area contributed by atoms with Crippen molar-refractivity contribution in [2.24, 2.45) is 0 Å². The maximum Gasteiger partial charge on any atom is 0.326 e. The number of aliphatic carboxylic acids is 1. The molecular weight excluding hydrogens is 384 g/mol. The number of carbonyl (C=O) groups is 2. The second kappa shape index (κ2) is 6.42. The third-order valence-corrected chi connectivity index (χ3v) is 6.60. The van der Waals surface area contributed by atoms with E-state index in [1.807, 2.05) is 0 Å². The molecule has 1 atom stereocenters. The maximum absolute atomic E-state index is 12.0. The molecule has 1 amide bonds. The van der Waals surface area contributed by atoms with Crippen LogP contribution < -0.4 is 4.72 Å². The lowest BCUT2D eigenvalue weighted by molar-refractivity contribution is -0.147. The predicted octanol–water partition coefficient (Wildman–Crippen LogP) is 0.864. The quantitative estimate of drug-likeness (QED) is 0.767. The number of thiophene rings is 1. The Hall–Kier alpha value is -0.970. The highest BCUT2D eigenvalue weighted by Crippen LogP contribution is 2.25. The molecule has 2 heterocycles. The highest BCUT2D eigenvalue weighted by molar-refractivity contribution is 9.11. The van der Waals surface area contributed by atoms with E-state index in [0.29, 0.717) is 23.2 Å². The molecule has 0 unspecified atom stereocenters. The lowest BCUT2D eigenvalue weighted by Crippen LogP contribution is -2.45. The van der Waals surface area contributed by atoms with Gasteiger partial charge in [-0.2, -0.15) is 0 Å². The zero-order chi connectivity index (χ0) is 15.6. The first-order chi connectivity index (χ1) is 9.81. The number of nitrogens with zero attached hydrogens (tertiary/aromatic N) is 1. The molecule has 1 aromatic rings. The first-order valence-electron chi connectivity index (χ1n) is 6.08. The van der Waals surface area contributed by atoms with Crippen LogP contribution in [0.4, 0.5) is 0 Å². The number of carboxylic acid groups (broad SMARTS) is 1. The van der Waals surface area contributed by atoms with Crippen LogP contribution in [0.1, 0.15) is 12.8 Å². The van der Waals surface area contributed by atoms with Crippen molar-refractivity contribution >= 4 is 49.2 Å². The molecule has 10 heteroatoms. The fraction of sp³-hybridized carbons (Fsp3) is 0.455. The SMILES string of the molecule is O=C(O)[C@H]1CCCN1C(=O)CNS(=O)(=O)c1ccc(Br)s1. The number of carbonyl (C=O) groups excluding carboxylic acids is 1. The number of likely N-dealkylation sites (tertiary alicyclic amines) is 1. The molecule has 7 nitrogen and oxygen atoms in total. The van der Waals surface area contributed by atoms with Gasteiger partial charge < -0.3 is 10.0 Å². The molecular formula is C11H13BrN2O5S2. The van der Waals surface area contributed by atoms with Crippen molar-refractivity contribution in [3.63, 3.8) is 0 Å². The van der Waals surface area contributed by atoms with E-state index in [1.54, 1.807) is 6.07 Å². The average Bonchev–Trinajstić information content (AvgIpc) is 3.04. The number of hydrogen-bond acceptors (Lipinski definition) is 5. The number of rotatable bonds is 5. The number of hydrogen-bond donors (Lipinski definition) is 2. The van der Waals surface area contributed by atoms with Crippen molar-refractivity contribution in [1.29, 1.82) is 0 Å². The van der Waals surface area contributed by atoms with Crippen molar-refractivity contribution in [3.8, 4) is 0 Å². The number of halogens is 1. The van der Waals surface area contributed by atoms with Crippen molar-refractivity contribution in [3.05, 3.63) is 15.9 Å². The number of carboxylic acids is 1. The maximum atomic E-state index is 12.0. The van der Waals surface area contributed by atoms with Gasteiger partial charge in [0.15, 0.2) is 0 Å². The van der Waals surface area contributed by atoms with Crippen LogP contribution in [0.2, 0.25) is 0 Å². The molecule has 0 aromatic carbocycles. The largest absolute Gasteiger partial charge is 0.480 e. The van der Waals surface area contributed by atoms with Gasteiger partial charge in [-0.1, -0.05) is 0 Å². The van der Waals surface area contributed by atoms with Gasteiger partial charge in [0.1, 0.15) is 10.3 Å². The Balaban J connectivity index is 1.99. The lowest BCUT2D eigenvalue weighted by atomic mass is 10.2. The predicted molar refractivity (Wildman–Crippen MR) is 79.6 cm³/mol. The Kier molecular flexibility index (Phi) is 5.02. The van der Waals surface area contributed by atoms with Crippen molar-refractivity contribution in [1.82, 2.24) is 9.62 Å². The highest BCUT2D eigenvalue weighted by atomic mass is 79.9. The van der Waals surface area contributed by atoms with Crippen LogP contribution in [0.25, 0.3) is 0 Å². The van der Waals surface area contributed by atoms with E-state index in [9.17, 15) is 18.0 Å². The first-order valence-corrected chi connectivity index (χ1v) is 9.18. The van der Waals surface area contributed by atoms with Crippen LogP contribution in [0, 0.1) is 0 Å². The molecule has 0 aliphatic carbocycles. The fourth-order valence-corrected chi connectivity index (χ4v) is 5.12. The Bertz CT molecular complexity index is 657. The first kappa shape index (κ1) is 16.4. The van der Waals surface area contributed by atoms with Crippen molar-refractivity contribution in [2.45, 2.75) is 23.1 Å². The molecule has 0 spiro atoms. The van der Waals surface area contributed by atoms with Gasteiger partial charge in [-0.25, -0.2) is 17.9 Å². The number of amides is 1. The van der Waals surface area contributed by atoms with Gasteiger partial charge in [0.2, 0.25) is 5.91 Å². The molecule has 1 fully saturated rings. The molecule has 1 aliphatic heterocycles. The van der Waals surface area contributed by atoms with Crippen molar-refractivity contribution in [2.75, 3.05) is 13.1 Å². The molecule has 2 N–H and O–H groups in total. The molecule has 0 saturated carbocycles. The van der Waals surface area contributed by atoms with Crippen LogP contribution in [0.5, 0.6) is 0 Å². The van der Waals surface area contributed by atoms with Gasteiger partial charge in [0.05, 0.1) is 10.3 Å². The van der Waals surface area contributed by atoms with Gasteiger partial charge in [-0.15, -0.1) is 11.3 Å². The van der Waals surface area contributed by atoms with E-state index in [-0.39, 0.29) is 4.21 Å². The number of nitrogens with one attached hydrogen (secondary N) is 1. The molecule has 1 aliphatic rings. The summed E-state index contributed by atoms with van der Waals surface area (Å²) < 4.78 is 26.9. The van der Waals surface area contributed by atoms with Gasteiger partial charge in [-0.05, 0) is 40.9 Å². The topological polar surface area (TPSA) is 104 Å². The number of sulfonamides is 1. The molecule has 21 heavy (non-hydrogen) atoms. The standard InChI is InChI=1S/C11H13BrN2O5S2/c12-8-3-4-10(20-8)21(18,19)13-6-9(15)14-5-1-2-7(14)11(16)17/h3-4,7,13H,1-2,5-6H2,(H,16,17)/t7-/m1/s1. The molecule has 0 radical (unpaired) electrons. The lowest BCUT2D eigenvalue weighted by Gasteiger charge is -2.21. The summed E-state index contributed by atoms with van der Waals surface area (Å²) in [6.07, 6.45) is 0.999. The van der Waals surface area contributed by atoms with Crippen LogP contribution in [0.3, 0.4) is 0 Å². The van der Waals surface area contributed by atoms with Gasteiger partial charge >= 0.3 is 5.97 Å². The Morgan fingerprint density at radius 1 is 1.48 bits per heavy atom. The zero-order valence-corrected chi connectivity index (χ0v) is 14.0. The molecule has 1 aromatic heterocycles. The minimum atomic E-state index is -3.76. The average molecular weight is 397 g/mol. The smallest absolute Gasteiger partial charge is 0.326 e. The monoisotopic (exact) mass is 396 g/mol. The van der Waals surface area contributed by atoms with Crippen LogP contribution in [-0.4, -0.2) is 49.4 Å². The minimum Gasteiger partial charge on any atom is -0.480 e. The van der Waals surface area contributed by atoms with Gasteiger partial charge in [-0.3, -0.25) is 4.79 Å². The summed E-state index contributed by atoms with van der Waals surface area (Å²) >= 11 is 4.20. The van der Waals surface area contributed by atoms with E-state index < -0.39 is 34.5 Å². The summed E-state index contributed by atoms with van der Waals surface area (Å²) in [5.41, 5.74) is 0. The second-order valence-corrected chi connectivity index (χ2v) is 8.92. The third kappa shape index (κ3) is 3.82. The van der Waals surface area contributed by atoms with E-state index in [0.717, 1.165) is 11.3 Å². The summed E-state index contributed by atoms with van der Waals surface area (Å²) in [7, 11) is -3.76. The summed E-state index contributed by atoms with van der Waals surface area (Å²) in [6, 6.07) is 2.16. The Labute approximate surface area is 134 Å². The molecule has 2 rings (SSSR count). The summed E-state index contributed by atoms with van der Waals surface area (Å²) in [5, 5.41) is 9.01. The molecule has 116 valence electrons. The Morgan fingerprint density at radius 2 is 2.19 bits per heavy atom. The normalized spacial score (nSPS) is 18.9. The van der Waals surface area contributed by atoms with Gasteiger partial charge in [0, 0.05) is 6.54 Å². The Morgan fingerprint density at radius 3 is 2.76 bits per heavy atom. The van der Waals surface area contributed by atoms with Crippen LogP contribution >= 0.6 is 27.3 Å². The van der Waals surface area contributed by atoms with E-state index in [4.69, 9.17) is 5.11 Å². The van der Waals surface area contributed by atoms with E-state index in [2.05, 4.69) is 20.7 Å². The van der Waals surface area contributed by atoms with Gasteiger partial charge in [0.25, 0.3) is 10.0 Å². The van der Waals surface area contributed by atoms with E-state index in [1.165, 1.54) is 11.0 Å². The highest BCUT2D eigenvalue weighted by Gasteiger charge is 2.34. The summed E-state index contributed by atoms with van der Waals surface area (Å²) in [5.74, 6) is -1.59. The zero-order valence-electron chi connectivity index (χ0n) is 10.8.